The largest absolute Gasteiger partial charge is 0.370 e. The predicted octanol–water partition coefficient (Wildman–Crippen LogP) is 4.33. The number of rotatable bonds is 4. The van der Waals surface area contributed by atoms with E-state index in [0.29, 0.717) is 35.0 Å². The van der Waals surface area contributed by atoms with Crippen molar-refractivity contribution in [2.24, 2.45) is 0 Å². The standard InChI is InChI=1S/C22H19FN4O2/c1-14(28)15-7-8-17(12-24)20(11-15)27-9-3-5-18(13-27)22-25-21(26-29-22)16-4-2-6-19(23)10-16/h2,4,6-8,10-11,18H,3,5,9,13H2,1H3. The van der Waals surface area contributed by atoms with Crippen LogP contribution in [-0.2, 0) is 0 Å². The number of benzene rings is 2. The van der Waals surface area contributed by atoms with Crippen molar-refractivity contribution in [3.8, 4) is 17.5 Å². The van der Waals surface area contributed by atoms with Crippen molar-refractivity contribution < 1.29 is 13.7 Å². The molecule has 146 valence electrons. The summed E-state index contributed by atoms with van der Waals surface area (Å²) >= 11 is 0. The van der Waals surface area contributed by atoms with Gasteiger partial charge in [0.05, 0.1) is 17.2 Å². The first-order valence-corrected chi connectivity index (χ1v) is 9.44. The summed E-state index contributed by atoms with van der Waals surface area (Å²) in [5.41, 5.74) is 2.41. The Kier molecular flexibility index (Phi) is 5.09. The van der Waals surface area contributed by atoms with E-state index in [2.05, 4.69) is 21.1 Å². The molecule has 1 unspecified atom stereocenters. The van der Waals surface area contributed by atoms with Gasteiger partial charge in [-0.15, -0.1) is 0 Å². The zero-order valence-corrected chi connectivity index (χ0v) is 15.9. The van der Waals surface area contributed by atoms with Gasteiger partial charge in [-0.2, -0.15) is 10.2 Å². The van der Waals surface area contributed by atoms with Crippen LogP contribution >= 0.6 is 0 Å². The number of hydrogen-bond donors (Lipinski definition) is 0. The van der Waals surface area contributed by atoms with Gasteiger partial charge in [0.25, 0.3) is 0 Å². The molecule has 2 aromatic carbocycles. The van der Waals surface area contributed by atoms with E-state index >= 15 is 0 Å². The molecule has 6 nitrogen and oxygen atoms in total. The Morgan fingerprint density at radius 1 is 1.31 bits per heavy atom. The first-order valence-electron chi connectivity index (χ1n) is 9.44. The van der Waals surface area contributed by atoms with Crippen LogP contribution in [0.2, 0.25) is 0 Å². The first kappa shape index (κ1) is 18.8. The summed E-state index contributed by atoms with van der Waals surface area (Å²) in [7, 11) is 0. The van der Waals surface area contributed by atoms with Crippen molar-refractivity contribution in [3.63, 3.8) is 0 Å². The van der Waals surface area contributed by atoms with E-state index < -0.39 is 0 Å². The topological polar surface area (TPSA) is 83.0 Å². The minimum atomic E-state index is -0.355. The van der Waals surface area contributed by atoms with Gasteiger partial charge in [-0.3, -0.25) is 4.79 Å². The molecule has 1 aliphatic heterocycles. The molecule has 0 saturated carbocycles. The molecule has 0 spiro atoms. The average molecular weight is 390 g/mol. The highest BCUT2D eigenvalue weighted by Gasteiger charge is 2.28. The van der Waals surface area contributed by atoms with Crippen LogP contribution in [0.3, 0.4) is 0 Å². The summed E-state index contributed by atoms with van der Waals surface area (Å²) in [5, 5.41) is 13.5. The molecule has 7 heteroatoms. The zero-order valence-electron chi connectivity index (χ0n) is 15.9. The summed E-state index contributed by atoms with van der Waals surface area (Å²) in [6.07, 6.45) is 1.76. The predicted molar refractivity (Wildman–Crippen MR) is 105 cm³/mol. The minimum Gasteiger partial charge on any atom is -0.370 e. The number of halogens is 1. The van der Waals surface area contributed by atoms with Crippen LogP contribution in [-0.4, -0.2) is 29.0 Å². The fraction of sp³-hybridized carbons (Fsp3) is 0.273. The Balaban J connectivity index is 1.59. The quantitative estimate of drug-likeness (QED) is 0.617. The molecule has 1 aliphatic rings. The zero-order chi connectivity index (χ0) is 20.4. The molecule has 29 heavy (non-hydrogen) atoms. The van der Waals surface area contributed by atoms with Crippen LogP contribution in [0.15, 0.2) is 47.0 Å². The number of nitrogens with zero attached hydrogens (tertiary/aromatic N) is 4. The van der Waals surface area contributed by atoms with Gasteiger partial charge in [0.1, 0.15) is 11.9 Å². The Morgan fingerprint density at radius 2 is 2.17 bits per heavy atom. The maximum Gasteiger partial charge on any atom is 0.231 e. The number of carbonyl (C=O) groups excluding carboxylic acids is 1. The molecule has 0 radical (unpaired) electrons. The van der Waals surface area contributed by atoms with Crippen molar-refractivity contribution >= 4 is 11.5 Å². The Labute approximate surface area is 167 Å². The molecule has 2 heterocycles. The van der Waals surface area contributed by atoms with Crippen molar-refractivity contribution in [2.75, 3.05) is 18.0 Å². The Hall–Kier alpha value is -3.53. The van der Waals surface area contributed by atoms with Crippen molar-refractivity contribution in [2.45, 2.75) is 25.7 Å². The van der Waals surface area contributed by atoms with E-state index in [1.54, 1.807) is 30.3 Å². The van der Waals surface area contributed by atoms with E-state index in [9.17, 15) is 14.4 Å². The van der Waals surface area contributed by atoms with Crippen molar-refractivity contribution in [3.05, 3.63) is 65.3 Å². The summed E-state index contributed by atoms with van der Waals surface area (Å²) in [6.45, 7) is 2.88. The van der Waals surface area contributed by atoms with Gasteiger partial charge in [0, 0.05) is 24.2 Å². The number of ketones is 1. The summed E-state index contributed by atoms with van der Waals surface area (Å²) in [4.78, 5) is 18.3. The number of aromatic nitrogens is 2. The monoisotopic (exact) mass is 390 g/mol. The van der Waals surface area contributed by atoms with Gasteiger partial charge < -0.3 is 9.42 Å². The van der Waals surface area contributed by atoms with Crippen LogP contribution < -0.4 is 4.90 Å². The Morgan fingerprint density at radius 3 is 2.93 bits per heavy atom. The highest BCUT2D eigenvalue weighted by Crippen LogP contribution is 2.32. The first-order chi connectivity index (χ1) is 14.0. The lowest BCUT2D eigenvalue weighted by molar-refractivity contribution is 0.101. The average Bonchev–Trinajstić information content (AvgIpc) is 3.24. The van der Waals surface area contributed by atoms with E-state index in [1.165, 1.54) is 19.1 Å². The number of anilines is 1. The van der Waals surface area contributed by atoms with Crippen LogP contribution in [0.1, 0.15) is 47.5 Å². The third-order valence-electron chi connectivity index (χ3n) is 5.16. The fourth-order valence-corrected chi connectivity index (χ4v) is 3.65. The minimum absolute atomic E-state index is 0.00825. The van der Waals surface area contributed by atoms with E-state index in [-0.39, 0.29) is 17.5 Å². The molecular weight excluding hydrogens is 371 g/mol. The number of carbonyl (C=O) groups is 1. The number of nitriles is 1. The molecule has 4 rings (SSSR count). The van der Waals surface area contributed by atoms with Crippen molar-refractivity contribution in [1.29, 1.82) is 5.26 Å². The number of hydrogen-bond acceptors (Lipinski definition) is 6. The molecular formula is C22H19FN4O2. The smallest absolute Gasteiger partial charge is 0.231 e. The van der Waals surface area contributed by atoms with Crippen LogP contribution in [0.5, 0.6) is 0 Å². The second-order valence-electron chi connectivity index (χ2n) is 7.15. The normalized spacial score (nSPS) is 16.4. The molecule has 0 N–H and O–H groups in total. The van der Waals surface area contributed by atoms with Gasteiger partial charge in [-0.25, -0.2) is 4.39 Å². The maximum absolute atomic E-state index is 13.5. The fourth-order valence-electron chi connectivity index (χ4n) is 3.65. The van der Waals surface area contributed by atoms with Gasteiger partial charge in [0.15, 0.2) is 5.78 Å². The van der Waals surface area contributed by atoms with Crippen molar-refractivity contribution in [1.82, 2.24) is 10.1 Å². The molecule has 1 fully saturated rings. The van der Waals surface area contributed by atoms with Crippen LogP contribution in [0.4, 0.5) is 10.1 Å². The molecule has 1 saturated heterocycles. The molecule has 3 aromatic rings. The lowest BCUT2D eigenvalue weighted by atomic mass is 9.96. The summed E-state index contributed by atoms with van der Waals surface area (Å²) in [6, 6.07) is 13.4. The summed E-state index contributed by atoms with van der Waals surface area (Å²) in [5.74, 6) is 0.446. The molecule has 1 atom stereocenters. The molecule has 1 aromatic heterocycles. The van der Waals surface area contributed by atoms with Crippen LogP contribution in [0, 0.1) is 17.1 Å². The van der Waals surface area contributed by atoms with Gasteiger partial charge in [0.2, 0.25) is 11.7 Å². The molecule has 0 amide bonds. The van der Waals surface area contributed by atoms with E-state index in [4.69, 9.17) is 4.52 Å². The number of Topliss-reactive ketones (excluding diaryl/α,β-unsaturated/α-hetero) is 1. The van der Waals surface area contributed by atoms with E-state index in [0.717, 1.165) is 25.1 Å². The lowest BCUT2D eigenvalue weighted by Crippen LogP contribution is -2.35. The van der Waals surface area contributed by atoms with E-state index in [1.807, 2.05) is 0 Å². The van der Waals surface area contributed by atoms with Crippen LogP contribution in [0.25, 0.3) is 11.4 Å². The van der Waals surface area contributed by atoms with Gasteiger partial charge >= 0.3 is 0 Å². The molecule has 0 bridgehead atoms. The Bertz CT molecular complexity index is 1100. The number of piperidine rings is 1. The second-order valence-corrected chi connectivity index (χ2v) is 7.15. The maximum atomic E-state index is 13.5. The second kappa shape index (κ2) is 7.84. The lowest BCUT2D eigenvalue weighted by Gasteiger charge is -2.33. The molecule has 0 aliphatic carbocycles. The highest BCUT2D eigenvalue weighted by atomic mass is 19.1. The SMILES string of the molecule is CC(=O)c1ccc(C#N)c(N2CCCC(c3nc(-c4cccc(F)c4)no3)C2)c1. The highest BCUT2D eigenvalue weighted by molar-refractivity contribution is 5.95. The third kappa shape index (κ3) is 3.87. The third-order valence-corrected chi connectivity index (χ3v) is 5.16. The van der Waals surface area contributed by atoms with Gasteiger partial charge in [-0.05, 0) is 50.1 Å². The van der Waals surface area contributed by atoms with Gasteiger partial charge in [-0.1, -0.05) is 17.3 Å². The summed E-state index contributed by atoms with van der Waals surface area (Å²) < 4.78 is 18.9.